The number of rotatable bonds is 0. The highest BCUT2D eigenvalue weighted by atomic mass is 79.9. The topological polar surface area (TPSA) is 0 Å². The van der Waals surface area contributed by atoms with Crippen LogP contribution in [0.2, 0.25) is 0 Å². The second kappa shape index (κ2) is 3.80. The molecule has 0 atom stereocenters. The third kappa shape index (κ3) is 1.86. The fraction of sp³-hybridized carbons (Fsp3) is 0. The van der Waals surface area contributed by atoms with Gasteiger partial charge in [0.15, 0.2) is 0 Å². The van der Waals surface area contributed by atoms with Gasteiger partial charge in [0.05, 0.1) is 0 Å². The van der Waals surface area contributed by atoms with Crippen molar-refractivity contribution in [2.24, 2.45) is 0 Å². The van der Waals surface area contributed by atoms with Crippen LogP contribution in [-0.2, 0) is 0 Å². The van der Waals surface area contributed by atoms with Crippen LogP contribution in [0.3, 0.4) is 0 Å². The van der Waals surface area contributed by atoms with Crippen molar-refractivity contribution in [3.05, 3.63) is 34.3 Å². The molecular formula is C8H4Br2. The van der Waals surface area contributed by atoms with E-state index in [9.17, 15) is 0 Å². The first-order chi connectivity index (χ1) is 4.84. The number of halogens is 2. The number of hydrogen-bond donors (Lipinski definition) is 0. The molecular weight excluding hydrogens is 256 g/mol. The normalized spacial score (nSPS) is 8.20. The van der Waals surface area contributed by atoms with Crippen molar-refractivity contribution in [3.8, 4) is 10.8 Å². The minimum atomic E-state index is 0.999. The Hall–Kier alpha value is -0.260. The van der Waals surface area contributed by atoms with Crippen molar-refractivity contribution in [1.29, 1.82) is 0 Å². The van der Waals surface area contributed by atoms with Crippen LogP contribution in [0, 0.1) is 10.8 Å². The van der Waals surface area contributed by atoms with Crippen molar-refractivity contribution in [1.82, 2.24) is 0 Å². The van der Waals surface area contributed by atoms with E-state index in [4.69, 9.17) is 0 Å². The Bertz CT molecular complexity index is 281. The van der Waals surface area contributed by atoms with E-state index in [-0.39, 0.29) is 0 Å². The van der Waals surface area contributed by atoms with E-state index in [0.29, 0.717) is 0 Å². The molecule has 0 fully saturated rings. The van der Waals surface area contributed by atoms with Gasteiger partial charge in [-0.2, -0.15) is 0 Å². The monoisotopic (exact) mass is 258 g/mol. The van der Waals surface area contributed by atoms with Crippen molar-refractivity contribution in [2.75, 3.05) is 0 Å². The van der Waals surface area contributed by atoms with Gasteiger partial charge < -0.3 is 0 Å². The third-order valence-corrected chi connectivity index (χ3v) is 1.95. The molecule has 1 aromatic rings. The minimum Gasteiger partial charge on any atom is -0.0611 e. The summed E-state index contributed by atoms with van der Waals surface area (Å²) in [4.78, 5) is 2.66. The standard InChI is InChI=1S/C8H4Br2/c9-6-5-7-3-1-2-4-8(7)10/h1-4H. The van der Waals surface area contributed by atoms with E-state index in [1.807, 2.05) is 24.3 Å². The zero-order valence-corrected chi connectivity index (χ0v) is 8.24. The van der Waals surface area contributed by atoms with Crippen molar-refractivity contribution >= 4 is 31.9 Å². The third-order valence-electron chi connectivity index (χ3n) is 1.06. The molecule has 0 aliphatic carbocycles. The number of hydrogen-bond acceptors (Lipinski definition) is 0. The molecule has 0 saturated carbocycles. The van der Waals surface area contributed by atoms with Gasteiger partial charge in [-0.1, -0.05) is 18.1 Å². The summed E-state index contributed by atoms with van der Waals surface area (Å²) in [6.07, 6.45) is 0. The molecule has 0 aliphatic rings. The molecule has 0 saturated heterocycles. The van der Waals surface area contributed by atoms with E-state index >= 15 is 0 Å². The molecule has 0 unspecified atom stereocenters. The van der Waals surface area contributed by atoms with Crippen LogP contribution < -0.4 is 0 Å². The Morgan fingerprint density at radius 2 is 1.90 bits per heavy atom. The van der Waals surface area contributed by atoms with Crippen LogP contribution in [0.1, 0.15) is 5.56 Å². The lowest BCUT2D eigenvalue weighted by molar-refractivity contribution is 1.59. The predicted molar refractivity (Wildman–Crippen MR) is 49.9 cm³/mol. The van der Waals surface area contributed by atoms with Gasteiger partial charge in [0.25, 0.3) is 0 Å². The van der Waals surface area contributed by atoms with Gasteiger partial charge in [-0.25, -0.2) is 0 Å². The average molecular weight is 260 g/mol. The Kier molecular flexibility index (Phi) is 2.98. The quantitative estimate of drug-likeness (QED) is 0.628. The maximum atomic E-state index is 3.37. The lowest BCUT2D eigenvalue weighted by Gasteiger charge is -1.91. The molecule has 0 aromatic heterocycles. The Morgan fingerprint density at radius 3 is 2.50 bits per heavy atom. The summed E-state index contributed by atoms with van der Waals surface area (Å²) >= 11 is 6.41. The first-order valence-corrected chi connectivity index (χ1v) is 4.29. The van der Waals surface area contributed by atoms with Gasteiger partial charge in [-0.3, -0.25) is 0 Å². The van der Waals surface area contributed by atoms with Crippen LogP contribution in [0.5, 0.6) is 0 Å². The molecule has 0 spiro atoms. The van der Waals surface area contributed by atoms with Gasteiger partial charge >= 0.3 is 0 Å². The molecule has 0 aliphatic heterocycles. The SMILES string of the molecule is BrC#Cc1ccccc1Br. The molecule has 0 amide bonds. The molecule has 50 valence electrons. The summed E-state index contributed by atoms with van der Waals surface area (Å²) < 4.78 is 1.03. The number of benzene rings is 1. The maximum absolute atomic E-state index is 3.37. The van der Waals surface area contributed by atoms with Crippen molar-refractivity contribution in [2.45, 2.75) is 0 Å². The molecule has 0 radical (unpaired) electrons. The largest absolute Gasteiger partial charge is 0.0611 e. The molecule has 1 rings (SSSR count). The summed E-state index contributed by atoms with van der Waals surface area (Å²) in [6, 6.07) is 7.84. The van der Waals surface area contributed by atoms with Crippen molar-refractivity contribution in [3.63, 3.8) is 0 Å². The highest BCUT2D eigenvalue weighted by Crippen LogP contribution is 2.13. The Morgan fingerprint density at radius 1 is 1.20 bits per heavy atom. The molecule has 0 N–H and O–H groups in total. The van der Waals surface area contributed by atoms with E-state index in [1.54, 1.807) is 0 Å². The fourth-order valence-electron chi connectivity index (χ4n) is 0.613. The molecule has 0 nitrogen and oxygen atoms in total. The smallest absolute Gasteiger partial charge is 0.0396 e. The Labute approximate surface area is 76.9 Å². The molecule has 1 aromatic carbocycles. The second-order valence-electron chi connectivity index (χ2n) is 1.70. The maximum Gasteiger partial charge on any atom is 0.0396 e. The molecule has 10 heavy (non-hydrogen) atoms. The van der Waals surface area contributed by atoms with Crippen LogP contribution in [0.4, 0.5) is 0 Å². The Balaban J connectivity index is 3.11. The zero-order chi connectivity index (χ0) is 7.40. The first-order valence-electron chi connectivity index (χ1n) is 2.71. The zero-order valence-electron chi connectivity index (χ0n) is 5.07. The van der Waals surface area contributed by atoms with E-state index in [2.05, 4.69) is 42.6 Å². The highest BCUT2D eigenvalue weighted by Gasteiger charge is 1.90. The fourth-order valence-corrected chi connectivity index (χ4v) is 1.21. The highest BCUT2D eigenvalue weighted by molar-refractivity contribution is 9.12. The van der Waals surface area contributed by atoms with Gasteiger partial charge in [-0.15, -0.1) is 0 Å². The minimum absolute atomic E-state index is 0.999. The van der Waals surface area contributed by atoms with Crippen LogP contribution >= 0.6 is 31.9 Å². The van der Waals surface area contributed by atoms with Crippen molar-refractivity contribution < 1.29 is 0 Å². The summed E-state index contributed by atoms with van der Waals surface area (Å²) in [7, 11) is 0. The summed E-state index contributed by atoms with van der Waals surface area (Å²) in [5.41, 5.74) is 0.999. The summed E-state index contributed by atoms with van der Waals surface area (Å²) in [5, 5.41) is 0. The first kappa shape index (κ1) is 7.84. The predicted octanol–water partition coefficient (Wildman–Crippen LogP) is 3.15. The van der Waals surface area contributed by atoms with Gasteiger partial charge in [-0.05, 0) is 32.9 Å². The molecule has 0 heterocycles. The van der Waals surface area contributed by atoms with E-state index in [1.165, 1.54) is 0 Å². The van der Waals surface area contributed by atoms with Crippen LogP contribution in [0.25, 0.3) is 0 Å². The second-order valence-corrected chi connectivity index (χ2v) is 2.95. The van der Waals surface area contributed by atoms with Crippen LogP contribution in [0.15, 0.2) is 28.7 Å². The molecule has 2 heteroatoms. The summed E-state index contributed by atoms with van der Waals surface area (Å²) in [5.74, 6) is 2.90. The van der Waals surface area contributed by atoms with E-state index < -0.39 is 0 Å². The van der Waals surface area contributed by atoms with Gasteiger partial charge in [0.1, 0.15) is 0 Å². The average Bonchev–Trinajstić information content (AvgIpc) is 1.94. The lowest BCUT2D eigenvalue weighted by Crippen LogP contribution is -1.73. The van der Waals surface area contributed by atoms with E-state index in [0.717, 1.165) is 10.0 Å². The lowest BCUT2D eigenvalue weighted by atomic mass is 10.2. The van der Waals surface area contributed by atoms with Crippen LogP contribution in [-0.4, -0.2) is 0 Å². The van der Waals surface area contributed by atoms with Gasteiger partial charge in [0, 0.05) is 26.0 Å². The molecule has 0 bridgehead atoms. The van der Waals surface area contributed by atoms with Gasteiger partial charge in [0.2, 0.25) is 0 Å². The summed E-state index contributed by atoms with van der Waals surface area (Å²) in [6.45, 7) is 0.